The van der Waals surface area contributed by atoms with E-state index in [-0.39, 0.29) is 18.1 Å². The summed E-state index contributed by atoms with van der Waals surface area (Å²) in [5.74, 6) is 0.698. The van der Waals surface area contributed by atoms with Crippen LogP contribution in [-0.2, 0) is 12.0 Å². The number of nitrogens with one attached hydrogen (secondary N) is 1. The van der Waals surface area contributed by atoms with Crippen LogP contribution in [-0.4, -0.2) is 31.7 Å². The van der Waals surface area contributed by atoms with Gasteiger partial charge in [0.05, 0.1) is 30.2 Å². The number of hydrogen-bond acceptors (Lipinski definition) is 4. The van der Waals surface area contributed by atoms with Gasteiger partial charge in [0.1, 0.15) is 17.6 Å². The smallest absolute Gasteiger partial charge is 0.137 e. The lowest BCUT2D eigenvalue weighted by Gasteiger charge is -2.17. The number of hydrogen-bond donors (Lipinski definition) is 2. The molecule has 0 amide bonds. The van der Waals surface area contributed by atoms with Crippen molar-refractivity contribution >= 4 is 11.5 Å². The molecule has 0 aliphatic heterocycles. The van der Waals surface area contributed by atoms with Crippen molar-refractivity contribution in [2.75, 3.05) is 5.32 Å². The number of fused-ring (bicyclic) bond motifs is 1. The number of alkyl halides is 1. The van der Waals surface area contributed by atoms with E-state index >= 15 is 0 Å². The largest absolute Gasteiger partial charge is 0.392 e. The lowest BCUT2D eigenvalue weighted by molar-refractivity contribution is 0.279. The van der Waals surface area contributed by atoms with Gasteiger partial charge in [0, 0.05) is 6.20 Å². The molecule has 5 rings (SSSR count). The molecule has 0 saturated heterocycles. The van der Waals surface area contributed by atoms with E-state index in [1.54, 1.807) is 0 Å². The lowest BCUT2D eigenvalue weighted by atomic mass is 9.95. The van der Waals surface area contributed by atoms with Gasteiger partial charge in [-0.05, 0) is 66.8 Å². The van der Waals surface area contributed by atoms with Crippen molar-refractivity contribution in [3.63, 3.8) is 0 Å². The Morgan fingerprint density at radius 2 is 2.18 bits per heavy atom. The molecule has 0 bridgehead atoms. The summed E-state index contributed by atoms with van der Waals surface area (Å²) in [5.41, 5.74) is 4.77. The molecule has 2 saturated carbocycles. The maximum atomic E-state index is 14.0. The molecular weight excluding hydrogens is 355 g/mol. The molecule has 3 aromatic heterocycles. The molecule has 2 atom stereocenters. The minimum Gasteiger partial charge on any atom is -0.392 e. The van der Waals surface area contributed by atoms with Crippen LogP contribution in [0.3, 0.4) is 0 Å². The molecule has 28 heavy (non-hydrogen) atoms. The Balaban J connectivity index is 1.53. The van der Waals surface area contributed by atoms with Gasteiger partial charge < -0.3 is 10.4 Å². The third kappa shape index (κ3) is 2.96. The highest BCUT2D eigenvalue weighted by Gasteiger charge is 2.41. The Bertz CT molecular complexity index is 1030. The van der Waals surface area contributed by atoms with E-state index in [9.17, 15) is 9.50 Å². The van der Waals surface area contributed by atoms with Crippen LogP contribution >= 0.6 is 0 Å². The van der Waals surface area contributed by atoms with Gasteiger partial charge in [0.2, 0.25) is 0 Å². The summed E-state index contributed by atoms with van der Waals surface area (Å²) in [7, 11) is 0. The Morgan fingerprint density at radius 3 is 2.89 bits per heavy atom. The second-order valence-corrected chi connectivity index (χ2v) is 8.41. The molecule has 5 nitrogen and oxygen atoms in total. The standard InChI is InChI=1S/C22H25FN4O/c1-22(8-9-22)15-12-27-19(11-24-21(27)10-14(15)13-28)18-6-3-7-20(26-18)25-17-5-2-4-16(17)23/h3,6-7,10-12,16-17,28H,2,4-5,8-9,13H2,1H3,(H,25,26)/t16-,17-/m0/s1. The fraction of sp³-hybridized carbons (Fsp3) is 0.455. The molecule has 2 N–H and O–H groups in total. The van der Waals surface area contributed by atoms with Crippen molar-refractivity contribution in [2.24, 2.45) is 0 Å². The van der Waals surface area contributed by atoms with E-state index in [0.717, 1.165) is 48.3 Å². The molecule has 6 heteroatoms. The highest BCUT2D eigenvalue weighted by atomic mass is 19.1. The summed E-state index contributed by atoms with van der Waals surface area (Å²) >= 11 is 0. The first kappa shape index (κ1) is 17.6. The predicted octanol–water partition coefficient (Wildman–Crippen LogP) is 4.24. The Hall–Kier alpha value is -2.47. The van der Waals surface area contributed by atoms with Crippen LogP contribution in [0.15, 0.2) is 36.7 Å². The second-order valence-electron chi connectivity index (χ2n) is 8.41. The molecule has 3 aromatic rings. The van der Waals surface area contributed by atoms with Gasteiger partial charge in [0.25, 0.3) is 0 Å². The zero-order chi connectivity index (χ0) is 19.3. The zero-order valence-electron chi connectivity index (χ0n) is 16.0. The molecule has 146 valence electrons. The maximum Gasteiger partial charge on any atom is 0.137 e. The Labute approximate surface area is 163 Å². The van der Waals surface area contributed by atoms with E-state index in [1.165, 1.54) is 5.56 Å². The van der Waals surface area contributed by atoms with Crippen LogP contribution < -0.4 is 5.32 Å². The van der Waals surface area contributed by atoms with E-state index < -0.39 is 6.17 Å². The van der Waals surface area contributed by atoms with Crippen molar-refractivity contribution in [3.05, 3.63) is 47.8 Å². The third-order valence-electron chi connectivity index (χ3n) is 6.33. The van der Waals surface area contributed by atoms with Crippen molar-refractivity contribution in [1.29, 1.82) is 0 Å². The second kappa shape index (κ2) is 6.55. The number of imidazole rings is 1. The summed E-state index contributed by atoms with van der Waals surface area (Å²) in [4.78, 5) is 9.25. The highest BCUT2D eigenvalue weighted by Crippen LogP contribution is 2.49. The number of aliphatic hydroxyl groups is 1. The topological polar surface area (TPSA) is 62.5 Å². The van der Waals surface area contributed by atoms with Crippen LogP contribution in [0.2, 0.25) is 0 Å². The van der Waals surface area contributed by atoms with Crippen LogP contribution in [0, 0.1) is 0 Å². The molecule has 2 fully saturated rings. The molecule has 2 aliphatic rings. The van der Waals surface area contributed by atoms with Crippen LogP contribution in [0.5, 0.6) is 0 Å². The SMILES string of the molecule is CC1(c2cn3c(-c4cccc(N[C@H]5CCC[C@@H]5F)n4)cnc3cc2CO)CC1. The quantitative estimate of drug-likeness (QED) is 0.695. The number of nitrogens with zero attached hydrogens (tertiary/aromatic N) is 3. The van der Waals surface area contributed by atoms with Gasteiger partial charge in [-0.2, -0.15) is 0 Å². The van der Waals surface area contributed by atoms with Crippen molar-refractivity contribution in [1.82, 2.24) is 14.4 Å². The summed E-state index contributed by atoms with van der Waals surface area (Å²) in [6, 6.07) is 7.60. The van der Waals surface area contributed by atoms with E-state index in [0.29, 0.717) is 12.2 Å². The fourth-order valence-electron chi connectivity index (χ4n) is 4.31. The molecule has 0 unspecified atom stereocenters. The van der Waals surface area contributed by atoms with Gasteiger partial charge in [-0.1, -0.05) is 13.0 Å². The Morgan fingerprint density at radius 1 is 1.32 bits per heavy atom. The van der Waals surface area contributed by atoms with Gasteiger partial charge in [0.15, 0.2) is 0 Å². The maximum absolute atomic E-state index is 14.0. The number of pyridine rings is 2. The minimum atomic E-state index is -0.806. The zero-order valence-corrected chi connectivity index (χ0v) is 16.0. The van der Waals surface area contributed by atoms with E-state index in [1.807, 2.05) is 30.5 Å². The average Bonchev–Trinajstić information content (AvgIpc) is 3.12. The van der Waals surface area contributed by atoms with Gasteiger partial charge in [-0.15, -0.1) is 0 Å². The van der Waals surface area contributed by atoms with E-state index in [2.05, 4.69) is 27.8 Å². The van der Waals surface area contributed by atoms with Gasteiger partial charge in [-0.25, -0.2) is 14.4 Å². The normalized spacial score (nSPS) is 23.2. The third-order valence-corrected chi connectivity index (χ3v) is 6.33. The summed E-state index contributed by atoms with van der Waals surface area (Å²) in [6.45, 7) is 2.26. The first-order chi connectivity index (χ1) is 13.6. The van der Waals surface area contributed by atoms with Gasteiger partial charge >= 0.3 is 0 Å². The van der Waals surface area contributed by atoms with Crippen molar-refractivity contribution in [2.45, 2.75) is 63.3 Å². The highest BCUT2D eigenvalue weighted by molar-refractivity contribution is 5.63. The number of aliphatic hydroxyl groups excluding tert-OH is 1. The first-order valence-corrected chi connectivity index (χ1v) is 10.1. The number of halogens is 1. The van der Waals surface area contributed by atoms with Crippen LogP contribution in [0.4, 0.5) is 10.2 Å². The molecule has 0 aromatic carbocycles. The fourth-order valence-corrected chi connectivity index (χ4v) is 4.31. The van der Waals surface area contributed by atoms with Gasteiger partial charge in [-0.3, -0.25) is 4.40 Å². The summed E-state index contributed by atoms with van der Waals surface area (Å²) < 4.78 is 16.0. The number of aromatic nitrogens is 3. The summed E-state index contributed by atoms with van der Waals surface area (Å²) in [5, 5.41) is 13.1. The number of anilines is 1. The predicted molar refractivity (Wildman–Crippen MR) is 107 cm³/mol. The Kier molecular flexibility index (Phi) is 4.12. The molecule has 3 heterocycles. The molecule has 0 spiro atoms. The molecule has 2 aliphatic carbocycles. The monoisotopic (exact) mass is 380 g/mol. The molecule has 0 radical (unpaired) electrons. The summed E-state index contributed by atoms with van der Waals surface area (Å²) in [6.07, 6.45) is 7.77. The molecular formula is C22H25FN4O. The van der Waals surface area contributed by atoms with Crippen molar-refractivity contribution < 1.29 is 9.50 Å². The first-order valence-electron chi connectivity index (χ1n) is 10.1. The van der Waals surface area contributed by atoms with Crippen LogP contribution in [0.25, 0.3) is 17.0 Å². The lowest BCUT2D eigenvalue weighted by Crippen LogP contribution is -2.25. The minimum absolute atomic E-state index is 0.0209. The van der Waals surface area contributed by atoms with E-state index in [4.69, 9.17) is 4.98 Å². The van der Waals surface area contributed by atoms with Crippen molar-refractivity contribution in [3.8, 4) is 11.4 Å². The van der Waals surface area contributed by atoms with Crippen LogP contribution in [0.1, 0.15) is 50.2 Å². The number of rotatable bonds is 5. The average molecular weight is 380 g/mol.